The monoisotopic (exact) mass is 396 g/mol. The number of hydrogen-bond acceptors (Lipinski definition) is 5. The zero-order valence-corrected chi connectivity index (χ0v) is 15.6. The summed E-state index contributed by atoms with van der Waals surface area (Å²) in [5, 5.41) is 16.2. The molecule has 0 spiro atoms. The maximum Gasteiger partial charge on any atom is 0.335 e. The Hall–Kier alpha value is -3.33. The first kappa shape index (κ1) is 18.1. The van der Waals surface area contributed by atoms with Crippen LogP contribution in [0.15, 0.2) is 47.4 Å². The third kappa shape index (κ3) is 3.09. The van der Waals surface area contributed by atoms with Crippen LogP contribution in [0.1, 0.15) is 32.4 Å². The van der Waals surface area contributed by atoms with Crippen molar-refractivity contribution in [1.82, 2.24) is 14.8 Å². The van der Waals surface area contributed by atoms with Gasteiger partial charge in [-0.2, -0.15) is 5.10 Å². The van der Waals surface area contributed by atoms with Crippen LogP contribution in [-0.4, -0.2) is 37.5 Å². The highest BCUT2D eigenvalue weighted by Gasteiger charge is 2.31. The SMILES string of the molecule is Cc1nn(-c2ccc(C(=O)O)cc2)c2c1[C@H](c1ccc[nH]c1=O)SCC(=O)N2. The van der Waals surface area contributed by atoms with Crippen LogP contribution < -0.4 is 10.9 Å². The predicted molar refractivity (Wildman–Crippen MR) is 105 cm³/mol. The Kier molecular flexibility index (Phi) is 4.52. The first-order valence-electron chi connectivity index (χ1n) is 8.48. The average molecular weight is 396 g/mol. The number of thioether (sulfide) groups is 1. The first-order chi connectivity index (χ1) is 13.5. The molecule has 4 rings (SSSR count). The number of aromatic nitrogens is 3. The molecule has 3 aromatic rings. The number of carbonyl (C=O) groups is 2. The average Bonchev–Trinajstić information content (AvgIpc) is 2.88. The van der Waals surface area contributed by atoms with Crippen LogP contribution in [0.3, 0.4) is 0 Å². The number of benzene rings is 1. The van der Waals surface area contributed by atoms with Gasteiger partial charge in [0, 0.05) is 17.3 Å². The molecule has 0 unspecified atom stereocenters. The van der Waals surface area contributed by atoms with Crippen molar-refractivity contribution in [2.45, 2.75) is 12.2 Å². The van der Waals surface area contributed by atoms with Gasteiger partial charge in [0.05, 0.1) is 27.9 Å². The molecule has 0 bridgehead atoms. The van der Waals surface area contributed by atoms with Gasteiger partial charge >= 0.3 is 5.97 Å². The van der Waals surface area contributed by atoms with Crippen LogP contribution in [-0.2, 0) is 4.79 Å². The smallest absolute Gasteiger partial charge is 0.335 e. The number of aromatic amines is 1. The Morgan fingerprint density at radius 1 is 1.25 bits per heavy atom. The van der Waals surface area contributed by atoms with Gasteiger partial charge in [-0.05, 0) is 37.3 Å². The van der Waals surface area contributed by atoms with E-state index in [9.17, 15) is 14.4 Å². The minimum Gasteiger partial charge on any atom is -0.478 e. The molecular formula is C19H16N4O4S. The van der Waals surface area contributed by atoms with Crippen molar-refractivity contribution in [2.24, 2.45) is 0 Å². The molecule has 0 fully saturated rings. The first-order valence-corrected chi connectivity index (χ1v) is 9.53. The molecule has 1 aliphatic rings. The summed E-state index contributed by atoms with van der Waals surface area (Å²) in [6.45, 7) is 1.82. The van der Waals surface area contributed by atoms with Crippen molar-refractivity contribution in [2.75, 3.05) is 11.1 Å². The summed E-state index contributed by atoms with van der Waals surface area (Å²) in [6, 6.07) is 9.72. The number of H-pyrrole nitrogens is 1. The highest BCUT2D eigenvalue weighted by molar-refractivity contribution is 8.00. The van der Waals surface area contributed by atoms with Gasteiger partial charge in [0.1, 0.15) is 5.82 Å². The summed E-state index contributed by atoms with van der Waals surface area (Å²) in [7, 11) is 0. The molecular weight excluding hydrogens is 380 g/mol. The van der Waals surface area contributed by atoms with Crippen molar-refractivity contribution in [3.05, 3.63) is 75.3 Å². The van der Waals surface area contributed by atoms with E-state index in [1.54, 1.807) is 35.1 Å². The zero-order valence-electron chi connectivity index (χ0n) is 14.8. The minimum atomic E-state index is -1.02. The largest absolute Gasteiger partial charge is 0.478 e. The number of anilines is 1. The quantitative estimate of drug-likeness (QED) is 0.626. The number of pyridine rings is 1. The van der Waals surface area contributed by atoms with E-state index < -0.39 is 5.97 Å². The number of rotatable bonds is 3. The molecule has 0 aliphatic carbocycles. The molecule has 1 aromatic carbocycles. The molecule has 0 saturated carbocycles. The van der Waals surface area contributed by atoms with Crippen LogP contribution >= 0.6 is 11.8 Å². The van der Waals surface area contributed by atoms with Gasteiger partial charge < -0.3 is 15.4 Å². The van der Waals surface area contributed by atoms with Gasteiger partial charge in [-0.1, -0.05) is 6.07 Å². The van der Waals surface area contributed by atoms with Crippen molar-refractivity contribution in [3.8, 4) is 5.69 Å². The van der Waals surface area contributed by atoms with Crippen molar-refractivity contribution < 1.29 is 14.7 Å². The maximum atomic E-state index is 12.4. The van der Waals surface area contributed by atoms with E-state index in [1.165, 1.54) is 23.9 Å². The van der Waals surface area contributed by atoms with E-state index in [0.29, 0.717) is 22.8 Å². The van der Waals surface area contributed by atoms with E-state index >= 15 is 0 Å². The topological polar surface area (TPSA) is 117 Å². The summed E-state index contributed by atoms with van der Waals surface area (Å²) in [5.41, 5.74) is 2.55. The van der Waals surface area contributed by atoms with E-state index in [-0.39, 0.29) is 28.0 Å². The lowest BCUT2D eigenvalue weighted by Crippen LogP contribution is -2.15. The van der Waals surface area contributed by atoms with Gasteiger partial charge in [-0.25, -0.2) is 9.48 Å². The number of carboxylic acids is 1. The third-order valence-corrected chi connectivity index (χ3v) is 5.75. The number of aryl methyl sites for hydroxylation is 1. The number of carboxylic acid groups (broad SMARTS) is 1. The van der Waals surface area contributed by atoms with Crippen LogP contribution in [0.4, 0.5) is 5.82 Å². The van der Waals surface area contributed by atoms with E-state index in [1.807, 2.05) is 6.92 Å². The standard InChI is InChI=1S/C19H16N4O4S/c1-10-15-16(13-3-2-8-20-18(13)25)28-9-14(24)21-17(15)23(22-10)12-6-4-11(5-7-12)19(26)27/h2-8,16H,9H2,1H3,(H,20,25)(H,21,24)(H,26,27)/t16-/m0/s1. The molecule has 1 aliphatic heterocycles. The minimum absolute atomic E-state index is 0.159. The van der Waals surface area contributed by atoms with Gasteiger partial charge in [-0.15, -0.1) is 11.8 Å². The lowest BCUT2D eigenvalue weighted by molar-refractivity contribution is -0.113. The van der Waals surface area contributed by atoms with Crippen LogP contribution in [0.25, 0.3) is 5.69 Å². The second-order valence-electron chi connectivity index (χ2n) is 6.31. The van der Waals surface area contributed by atoms with Crippen molar-refractivity contribution in [1.29, 1.82) is 0 Å². The van der Waals surface area contributed by atoms with Gasteiger partial charge in [0.15, 0.2) is 0 Å². The van der Waals surface area contributed by atoms with Crippen LogP contribution in [0.5, 0.6) is 0 Å². The zero-order chi connectivity index (χ0) is 19.8. The number of amides is 1. The fourth-order valence-electron chi connectivity index (χ4n) is 3.20. The summed E-state index contributed by atoms with van der Waals surface area (Å²) in [4.78, 5) is 38.4. The fraction of sp³-hybridized carbons (Fsp3) is 0.158. The molecule has 8 nitrogen and oxygen atoms in total. The fourth-order valence-corrected chi connectivity index (χ4v) is 4.41. The molecule has 2 aromatic heterocycles. The Labute approximate surface area is 163 Å². The Morgan fingerprint density at radius 2 is 2.00 bits per heavy atom. The molecule has 3 heterocycles. The number of aromatic carboxylic acids is 1. The van der Waals surface area contributed by atoms with E-state index in [4.69, 9.17) is 5.11 Å². The summed E-state index contributed by atoms with van der Waals surface area (Å²) < 4.78 is 1.57. The van der Waals surface area contributed by atoms with Crippen LogP contribution in [0.2, 0.25) is 0 Å². The second-order valence-corrected chi connectivity index (χ2v) is 7.40. The lowest BCUT2D eigenvalue weighted by atomic mass is 10.1. The molecule has 1 atom stereocenters. The number of nitrogens with one attached hydrogen (secondary N) is 2. The number of carbonyl (C=O) groups excluding carboxylic acids is 1. The van der Waals surface area contributed by atoms with Crippen LogP contribution in [0, 0.1) is 6.92 Å². The highest BCUT2D eigenvalue weighted by atomic mass is 32.2. The molecule has 3 N–H and O–H groups in total. The number of nitrogens with zero attached hydrogens (tertiary/aromatic N) is 2. The number of hydrogen-bond donors (Lipinski definition) is 3. The Balaban J connectivity index is 1.88. The van der Waals surface area contributed by atoms with Gasteiger partial charge in [0.2, 0.25) is 5.91 Å². The molecule has 0 saturated heterocycles. The Morgan fingerprint density at radius 3 is 2.68 bits per heavy atom. The van der Waals surface area contributed by atoms with Crippen molar-refractivity contribution in [3.63, 3.8) is 0 Å². The van der Waals surface area contributed by atoms with Gasteiger partial charge in [0.25, 0.3) is 5.56 Å². The summed E-state index contributed by atoms with van der Waals surface area (Å²) in [6.07, 6.45) is 1.57. The second kappa shape index (κ2) is 7.01. The Bertz CT molecular complexity index is 1130. The van der Waals surface area contributed by atoms with E-state index in [2.05, 4.69) is 15.4 Å². The van der Waals surface area contributed by atoms with Gasteiger partial charge in [-0.3, -0.25) is 9.59 Å². The molecule has 9 heteroatoms. The van der Waals surface area contributed by atoms with Crippen molar-refractivity contribution >= 4 is 29.5 Å². The predicted octanol–water partition coefficient (Wildman–Crippen LogP) is 2.34. The summed E-state index contributed by atoms with van der Waals surface area (Å²) in [5.74, 6) is -0.520. The normalized spacial score (nSPS) is 16.2. The molecule has 1 amide bonds. The maximum absolute atomic E-state index is 12.4. The number of fused-ring (bicyclic) bond motifs is 1. The molecule has 142 valence electrons. The highest BCUT2D eigenvalue weighted by Crippen LogP contribution is 2.42. The third-order valence-electron chi connectivity index (χ3n) is 4.50. The molecule has 28 heavy (non-hydrogen) atoms. The lowest BCUT2D eigenvalue weighted by Gasteiger charge is -2.14. The molecule has 0 radical (unpaired) electrons. The van der Waals surface area contributed by atoms with E-state index in [0.717, 1.165) is 5.56 Å². The summed E-state index contributed by atoms with van der Waals surface area (Å²) >= 11 is 1.37.